The molecule has 1 aliphatic heterocycles. The molecule has 2 N–H and O–H groups in total. The summed E-state index contributed by atoms with van der Waals surface area (Å²) in [5, 5.41) is 7.63. The first-order chi connectivity index (χ1) is 13.9. The van der Waals surface area contributed by atoms with Crippen molar-refractivity contribution >= 4 is 17.3 Å². The molecule has 152 valence electrons. The zero-order chi connectivity index (χ0) is 20.6. The molecule has 0 spiro atoms. The normalized spacial score (nSPS) is 19.7. The van der Waals surface area contributed by atoms with Crippen molar-refractivity contribution in [3.05, 3.63) is 53.6 Å². The first-order valence-corrected chi connectivity index (χ1v) is 9.41. The minimum atomic E-state index is -0.609. The number of halogens is 1. The monoisotopic (exact) mass is 398 g/mol. The average Bonchev–Trinajstić information content (AvgIpc) is 3.31. The largest absolute Gasteiger partial charge is 0.496 e. The highest BCUT2D eigenvalue weighted by atomic mass is 19.1. The number of nitrogens with one attached hydrogen (secondary N) is 2. The van der Waals surface area contributed by atoms with Crippen molar-refractivity contribution in [2.45, 2.75) is 39.0 Å². The lowest BCUT2D eigenvalue weighted by atomic mass is 10.1. The molecule has 0 bridgehead atoms. The summed E-state index contributed by atoms with van der Waals surface area (Å²) in [5.74, 6) is 1.50. The maximum absolute atomic E-state index is 13.7. The van der Waals surface area contributed by atoms with Crippen LogP contribution in [-0.2, 0) is 4.84 Å². The molecule has 1 aromatic carbocycles. The number of fused-ring (bicyclic) bond motifs is 1. The van der Waals surface area contributed by atoms with Gasteiger partial charge in [0.15, 0.2) is 17.2 Å². The van der Waals surface area contributed by atoms with Crippen molar-refractivity contribution in [2.24, 2.45) is 4.99 Å². The molecule has 8 nitrogen and oxygen atoms in total. The Labute approximate surface area is 167 Å². The van der Waals surface area contributed by atoms with Gasteiger partial charge in [0.1, 0.15) is 17.4 Å². The number of benzene rings is 1. The van der Waals surface area contributed by atoms with Gasteiger partial charge in [0.2, 0.25) is 0 Å². The topological polar surface area (TPSA) is 85.1 Å². The van der Waals surface area contributed by atoms with Gasteiger partial charge in [-0.15, -0.1) is 0 Å². The van der Waals surface area contributed by atoms with Crippen molar-refractivity contribution in [1.82, 2.24) is 20.1 Å². The van der Waals surface area contributed by atoms with E-state index in [1.807, 2.05) is 26.8 Å². The quantitative estimate of drug-likeness (QED) is 0.662. The number of ether oxygens (including phenoxy) is 1. The number of aromatic nitrogens is 3. The fourth-order valence-electron chi connectivity index (χ4n) is 3.17. The van der Waals surface area contributed by atoms with E-state index in [0.29, 0.717) is 28.6 Å². The zero-order valence-corrected chi connectivity index (χ0v) is 16.7. The van der Waals surface area contributed by atoms with E-state index in [0.717, 1.165) is 12.0 Å². The smallest absolute Gasteiger partial charge is 0.184 e. The van der Waals surface area contributed by atoms with Crippen LogP contribution in [0.1, 0.15) is 44.4 Å². The third-order valence-electron chi connectivity index (χ3n) is 5.02. The van der Waals surface area contributed by atoms with Crippen LogP contribution in [0.2, 0.25) is 0 Å². The first-order valence-electron chi connectivity index (χ1n) is 9.41. The van der Waals surface area contributed by atoms with Crippen LogP contribution in [0.15, 0.2) is 41.7 Å². The molecule has 0 saturated carbocycles. The number of hydrogen-bond donors (Lipinski definition) is 2. The number of nitrogens with zero attached hydrogens (tertiary/aromatic N) is 4. The van der Waals surface area contributed by atoms with Crippen molar-refractivity contribution in [3.63, 3.8) is 0 Å². The molecule has 0 radical (unpaired) electrons. The Morgan fingerprint density at radius 2 is 2.21 bits per heavy atom. The lowest BCUT2D eigenvalue weighted by Crippen LogP contribution is -2.25. The highest BCUT2D eigenvalue weighted by Crippen LogP contribution is 2.29. The van der Waals surface area contributed by atoms with Gasteiger partial charge in [-0.1, -0.05) is 6.92 Å². The van der Waals surface area contributed by atoms with Gasteiger partial charge in [-0.05, 0) is 44.5 Å². The van der Waals surface area contributed by atoms with Gasteiger partial charge in [-0.2, -0.15) is 5.10 Å². The third-order valence-corrected chi connectivity index (χ3v) is 5.02. The molecule has 29 heavy (non-hydrogen) atoms. The molecule has 3 heterocycles. The van der Waals surface area contributed by atoms with Crippen LogP contribution in [0.5, 0.6) is 5.75 Å². The Balaban J connectivity index is 1.65. The molecule has 0 amide bonds. The molecule has 0 aliphatic carbocycles. The summed E-state index contributed by atoms with van der Waals surface area (Å²) < 4.78 is 20.7. The van der Waals surface area contributed by atoms with Gasteiger partial charge >= 0.3 is 0 Å². The van der Waals surface area contributed by atoms with E-state index in [4.69, 9.17) is 9.57 Å². The fraction of sp³-hybridized carbons (Fsp3) is 0.350. The SMILES string of the molecule is CCC1(C)N=C(c2cnn3ccc(N[C@H](C)c4cc(F)ccc4OC)nc23)NO1. The molecule has 3 aromatic rings. The predicted molar refractivity (Wildman–Crippen MR) is 107 cm³/mol. The standard InChI is InChI=1S/C20H23FN6O2/c1-5-20(3)25-18(26-29-20)15-11-22-27-9-8-17(24-19(15)27)23-12(2)14-10-13(21)6-7-16(14)28-4/h6-12H,5H2,1-4H3,(H,23,24)(H,25,26)/t12-,20?/m1/s1. The van der Waals surface area contributed by atoms with E-state index >= 15 is 0 Å². The van der Waals surface area contributed by atoms with Gasteiger partial charge in [-0.3, -0.25) is 0 Å². The summed E-state index contributed by atoms with van der Waals surface area (Å²) in [4.78, 5) is 14.9. The summed E-state index contributed by atoms with van der Waals surface area (Å²) >= 11 is 0. The lowest BCUT2D eigenvalue weighted by molar-refractivity contribution is -0.0429. The van der Waals surface area contributed by atoms with E-state index in [1.165, 1.54) is 12.1 Å². The molecule has 4 rings (SSSR count). The van der Waals surface area contributed by atoms with E-state index in [9.17, 15) is 4.39 Å². The average molecular weight is 398 g/mol. The molecule has 0 fully saturated rings. The third kappa shape index (κ3) is 3.61. The van der Waals surface area contributed by atoms with Crippen LogP contribution in [0.3, 0.4) is 0 Å². The Morgan fingerprint density at radius 1 is 1.38 bits per heavy atom. The summed E-state index contributed by atoms with van der Waals surface area (Å²) in [6.45, 7) is 5.84. The number of hydroxylamine groups is 1. The Bertz CT molecular complexity index is 1080. The molecule has 2 atom stereocenters. The number of anilines is 1. The van der Waals surface area contributed by atoms with Gasteiger partial charge in [0.05, 0.1) is 24.9 Å². The highest BCUT2D eigenvalue weighted by Gasteiger charge is 2.31. The van der Waals surface area contributed by atoms with Gasteiger partial charge in [0.25, 0.3) is 0 Å². The lowest BCUT2D eigenvalue weighted by Gasteiger charge is -2.18. The maximum atomic E-state index is 13.7. The minimum Gasteiger partial charge on any atom is -0.496 e. The maximum Gasteiger partial charge on any atom is 0.184 e. The molecule has 0 saturated heterocycles. The molecule has 1 aliphatic rings. The number of rotatable bonds is 6. The van der Waals surface area contributed by atoms with Gasteiger partial charge in [-0.25, -0.2) is 29.2 Å². The summed E-state index contributed by atoms with van der Waals surface area (Å²) in [6.07, 6.45) is 4.23. The van der Waals surface area contributed by atoms with E-state index in [1.54, 1.807) is 30.1 Å². The highest BCUT2D eigenvalue weighted by molar-refractivity contribution is 6.03. The van der Waals surface area contributed by atoms with Crippen molar-refractivity contribution in [3.8, 4) is 5.75 Å². The Hall–Kier alpha value is -3.20. The van der Waals surface area contributed by atoms with Crippen molar-refractivity contribution in [1.29, 1.82) is 0 Å². The summed E-state index contributed by atoms with van der Waals surface area (Å²) in [7, 11) is 1.56. The van der Waals surface area contributed by atoms with Crippen LogP contribution in [0, 0.1) is 5.82 Å². The second-order valence-corrected chi connectivity index (χ2v) is 7.08. The Morgan fingerprint density at radius 3 is 2.93 bits per heavy atom. The summed E-state index contributed by atoms with van der Waals surface area (Å²) in [5.41, 5.74) is 4.34. The van der Waals surface area contributed by atoms with Gasteiger partial charge in [0, 0.05) is 11.8 Å². The van der Waals surface area contributed by atoms with Crippen molar-refractivity contribution in [2.75, 3.05) is 12.4 Å². The number of aliphatic imine (C=N–C) groups is 1. The molecule has 1 unspecified atom stereocenters. The van der Waals surface area contributed by atoms with Crippen molar-refractivity contribution < 1.29 is 14.0 Å². The van der Waals surface area contributed by atoms with E-state index in [-0.39, 0.29) is 11.9 Å². The molecular weight excluding hydrogens is 375 g/mol. The second kappa shape index (κ2) is 7.32. The van der Waals surface area contributed by atoms with E-state index in [2.05, 4.69) is 25.9 Å². The Kier molecular flexibility index (Phi) is 4.83. The van der Waals surface area contributed by atoms with Crippen LogP contribution in [0.4, 0.5) is 10.2 Å². The molecule has 2 aromatic heterocycles. The summed E-state index contributed by atoms with van der Waals surface area (Å²) in [6, 6.07) is 6.03. The minimum absolute atomic E-state index is 0.226. The molecule has 9 heteroatoms. The van der Waals surface area contributed by atoms with Crippen LogP contribution in [-0.4, -0.2) is 33.3 Å². The van der Waals surface area contributed by atoms with Gasteiger partial charge < -0.3 is 10.1 Å². The fourth-order valence-corrected chi connectivity index (χ4v) is 3.17. The van der Waals surface area contributed by atoms with Crippen LogP contribution < -0.4 is 15.5 Å². The predicted octanol–water partition coefficient (Wildman–Crippen LogP) is 3.46. The second-order valence-electron chi connectivity index (χ2n) is 7.08. The number of amidine groups is 1. The van der Waals surface area contributed by atoms with E-state index < -0.39 is 5.72 Å². The molecular formula is C20H23FN6O2. The number of methoxy groups -OCH3 is 1. The first kappa shape index (κ1) is 19.1. The number of hydrogen-bond acceptors (Lipinski definition) is 7. The van der Waals surface area contributed by atoms with Crippen LogP contribution >= 0.6 is 0 Å². The zero-order valence-electron chi connectivity index (χ0n) is 16.7. The van der Waals surface area contributed by atoms with Crippen LogP contribution in [0.25, 0.3) is 5.65 Å².